The summed E-state index contributed by atoms with van der Waals surface area (Å²) >= 11 is 0. The number of hydrogen-bond acceptors (Lipinski definition) is 3. The van der Waals surface area contributed by atoms with Crippen LogP contribution in [0.3, 0.4) is 0 Å². The van der Waals surface area contributed by atoms with Crippen LogP contribution in [0.1, 0.15) is 0 Å². The first-order valence-electron chi connectivity index (χ1n) is 1.82. The molecule has 0 aromatic carbocycles. The minimum atomic E-state index is -1.29. The molecule has 6 heteroatoms. The minimum Gasteiger partial charge on any atom is -0.361 e. The van der Waals surface area contributed by atoms with E-state index in [4.69, 9.17) is 10.8 Å². The van der Waals surface area contributed by atoms with Gasteiger partial charge < -0.3 is 14.7 Å². The van der Waals surface area contributed by atoms with Crippen LogP contribution in [0.25, 0.3) is 0 Å². The fourth-order valence-electron chi connectivity index (χ4n) is 0. The minimum absolute atomic E-state index is 1.06. The summed E-state index contributed by atoms with van der Waals surface area (Å²) < 4.78 is 2.14. The van der Waals surface area contributed by atoms with Gasteiger partial charge in [0.15, 0.2) is 0 Å². The summed E-state index contributed by atoms with van der Waals surface area (Å²) in [6.45, 7) is 0. The van der Waals surface area contributed by atoms with Gasteiger partial charge in [0.05, 0.1) is 20.8 Å². The molecule has 0 saturated carbocycles. The van der Waals surface area contributed by atoms with E-state index in [2.05, 4.69) is 3.90 Å². The maximum Gasteiger partial charge on any atom is 0.247 e. The Labute approximate surface area is 45.5 Å². The van der Waals surface area contributed by atoms with E-state index in [-0.39, 0.29) is 0 Å². The maximum absolute atomic E-state index is 5.35. The summed E-state index contributed by atoms with van der Waals surface area (Å²) in [7, 11) is 0.833. The Morgan fingerprint density at radius 2 is 1.50 bits per heavy atom. The lowest BCUT2D eigenvalue weighted by atomic mass is 13.7. The van der Waals surface area contributed by atoms with E-state index in [1.54, 1.807) is 0 Å². The summed E-state index contributed by atoms with van der Waals surface area (Å²) in [5.41, 5.74) is 0. The normalized spacial score (nSPS) is 12.0. The Bertz CT molecular complexity index is 27.0. The smallest absolute Gasteiger partial charge is 0.247 e. The third-order valence-electron chi connectivity index (χ3n) is 0.596. The summed E-state index contributed by atoms with van der Waals surface area (Å²) in [6.07, 6.45) is 0. The molecule has 0 aromatic heterocycles. The zero-order valence-electron chi connectivity index (χ0n) is 4.18. The van der Waals surface area contributed by atoms with Gasteiger partial charge >= 0.3 is 0 Å². The molecular weight excluding hydrogens is 126 g/mol. The first kappa shape index (κ1) is 6.53. The van der Waals surface area contributed by atoms with Gasteiger partial charge in [-0.3, -0.25) is 0 Å². The van der Waals surface area contributed by atoms with E-state index in [1.165, 1.54) is 0 Å². The number of nitrogens with zero attached hydrogens (tertiary/aromatic N) is 1. The first-order valence-corrected chi connectivity index (χ1v) is 5.46. The fraction of sp³-hybridized carbons (Fsp3) is 0. The Hall–Kier alpha value is 0.531. The van der Waals surface area contributed by atoms with Crippen molar-refractivity contribution >= 4 is 30.1 Å². The number of rotatable bonds is 1. The lowest BCUT2D eigenvalue weighted by Crippen LogP contribution is -2.51. The van der Waals surface area contributed by atoms with Crippen LogP contribution in [0.15, 0.2) is 0 Å². The van der Waals surface area contributed by atoms with E-state index >= 15 is 0 Å². The Morgan fingerprint density at radius 3 is 1.50 bits per heavy atom. The second-order valence-corrected chi connectivity index (χ2v) is 10.1. The van der Waals surface area contributed by atoms with Gasteiger partial charge in [-0.15, -0.1) is 0 Å². The van der Waals surface area contributed by atoms with Crippen molar-refractivity contribution in [3.63, 3.8) is 0 Å². The second kappa shape index (κ2) is 2.66. The molecule has 0 aliphatic carbocycles. The van der Waals surface area contributed by atoms with Crippen LogP contribution in [0.5, 0.6) is 0 Å². The van der Waals surface area contributed by atoms with E-state index in [9.17, 15) is 0 Å². The van der Waals surface area contributed by atoms with E-state index in [0.717, 1.165) is 20.8 Å². The molecule has 0 atom stereocenters. The van der Waals surface area contributed by atoms with Crippen LogP contribution in [0, 0.1) is 0 Å². The van der Waals surface area contributed by atoms with Crippen molar-refractivity contribution in [1.29, 1.82) is 0 Å². The monoisotopic (exact) mass is 137 g/mol. The molecule has 0 heterocycles. The number of nitrogens with two attached hydrogens (primary N) is 2. The fourth-order valence-corrected chi connectivity index (χ4v) is 0. The molecule has 0 amide bonds. The van der Waals surface area contributed by atoms with Crippen LogP contribution in [0.4, 0.5) is 0 Å². The van der Waals surface area contributed by atoms with Crippen LogP contribution in [-0.4, -0.2) is 34.0 Å². The Balaban J connectivity index is 2.99. The van der Waals surface area contributed by atoms with Crippen LogP contribution < -0.4 is 10.8 Å². The molecule has 3 nitrogen and oxygen atoms in total. The molecule has 0 aliphatic heterocycles. The topological polar surface area (TPSA) is 55.3 Å². The van der Waals surface area contributed by atoms with Crippen molar-refractivity contribution in [2.24, 2.45) is 10.8 Å². The Morgan fingerprint density at radius 1 is 1.33 bits per heavy atom. The molecule has 4 N–H and O–H groups in total. The standard InChI is InChI=1S/H11N3Si3/c1-6(2)3(4)5/h6H,1-2H2,4-5H3. The molecule has 0 saturated heterocycles. The predicted octanol–water partition coefficient (Wildman–Crippen LogP) is -4.52. The van der Waals surface area contributed by atoms with Crippen LogP contribution in [-0.2, 0) is 0 Å². The highest BCUT2D eigenvalue weighted by atomic mass is 28.4. The summed E-state index contributed by atoms with van der Waals surface area (Å²) in [6, 6.07) is 0. The van der Waals surface area contributed by atoms with Gasteiger partial charge in [-0.2, -0.15) is 0 Å². The van der Waals surface area contributed by atoms with Crippen molar-refractivity contribution in [1.82, 2.24) is 3.90 Å². The highest BCUT2D eigenvalue weighted by molar-refractivity contribution is 6.62. The van der Waals surface area contributed by atoms with Gasteiger partial charge in [-0.1, -0.05) is 0 Å². The van der Waals surface area contributed by atoms with Gasteiger partial charge in [0.25, 0.3) is 0 Å². The molecular formula is H11N3Si3. The molecule has 0 unspecified atom stereocenters. The van der Waals surface area contributed by atoms with Crippen molar-refractivity contribution < 1.29 is 0 Å². The van der Waals surface area contributed by atoms with E-state index < -0.39 is 9.28 Å². The molecule has 0 rings (SSSR count). The summed E-state index contributed by atoms with van der Waals surface area (Å²) in [5.74, 6) is 0. The van der Waals surface area contributed by atoms with Crippen molar-refractivity contribution in [2.45, 2.75) is 0 Å². The van der Waals surface area contributed by atoms with E-state index in [1.807, 2.05) is 0 Å². The quantitative estimate of drug-likeness (QED) is 0.358. The molecule has 0 aliphatic rings. The third kappa shape index (κ3) is 2.75. The summed E-state index contributed by atoms with van der Waals surface area (Å²) in [4.78, 5) is 0. The molecule has 0 aromatic rings. The predicted molar refractivity (Wildman–Crippen MR) is 37.2 cm³/mol. The van der Waals surface area contributed by atoms with Gasteiger partial charge in [0.2, 0.25) is 9.28 Å². The first-order chi connectivity index (χ1) is 2.64. The van der Waals surface area contributed by atoms with Gasteiger partial charge in [-0.25, -0.2) is 0 Å². The maximum atomic E-state index is 5.35. The lowest BCUT2D eigenvalue weighted by molar-refractivity contribution is 1.08. The lowest BCUT2D eigenvalue weighted by Gasteiger charge is -2.10. The second-order valence-electron chi connectivity index (χ2n) is 1.45. The van der Waals surface area contributed by atoms with Crippen molar-refractivity contribution in [3.05, 3.63) is 0 Å². The SMILES string of the molecule is N[SiH](N)N([SiH3])[SiH3]. The third-order valence-corrected chi connectivity index (χ3v) is 5.37. The average Bonchev–Trinajstić information content (AvgIpc) is 1.36. The molecule has 0 spiro atoms. The molecule has 0 bridgehead atoms. The zero-order chi connectivity index (χ0) is 5.15. The number of hydrogen-bond donors (Lipinski definition) is 2. The molecule has 38 valence electrons. The van der Waals surface area contributed by atoms with Gasteiger partial charge in [0, 0.05) is 0 Å². The van der Waals surface area contributed by atoms with E-state index in [0.29, 0.717) is 0 Å². The molecule has 0 fully saturated rings. The highest BCUT2D eigenvalue weighted by Crippen LogP contribution is 1.57. The van der Waals surface area contributed by atoms with Crippen LogP contribution in [0.2, 0.25) is 0 Å². The molecule has 0 radical (unpaired) electrons. The molecule has 6 heavy (non-hydrogen) atoms. The van der Waals surface area contributed by atoms with Gasteiger partial charge in [0.1, 0.15) is 0 Å². The van der Waals surface area contributed by atoms with Crippen LogP contribution >= 0.6 is 0 Å². The van der Waals surface area contributed by atoms with Crippen molar-refractivity contribution in [2.75, 3.05) is 0 Å². The zero-order valence-corrected chi connectivity index (χ0v) is 9.33. The average molecular weight is 137 g/mol. The summed E-state index contributed by atoms with van der Waals surface area (Å²) in [5, 5.41) is 10.7. The highest BCUT2D eigenvalue weighted by Gasteiger charge is 1.94. The largest absolute Gasteiger partial charge is 0.361 e. The van der Waals surface area contributed by atoms with Gasteiger partial charge in [-0.05, 0) is 0 Å². The van der Waals surface area contributed by atoms with Crippen molar-refractivity contribution in [3.8, 4) is 0 Å². The Kier molecular flexibility index (Phi) is 2.90.